The highest BCUT2D eigenvalue weighted by molar-refractivity contribution is 7.89. The lowest BCUT2D eigenvalue weighted by Gasteiger charge is -2.12. The smallest absolute Gasteiger partial charge is 0.338 e. The highest BCUT2D eigenvalue weighted by atomic mass is 32.2. The monoisotopic (exact) mass is 431 g/mol. The van der Waals surface area contributed by atoms with Crippen LogP contribution in [-0.4, -0.2) is 50.1 Å². The number of ether oxygens (including phenoxy) is 2. The van der Waals surface area contributed by atoms with Crippen LogP contribution in [0.5, 0.6) is 5.75 Å². The average molecular weight is 431 g/mol. The molecule has 0 aliphatic carbocycles. The number of benzene rings is 2. The Balaban J connectivity index is 1.69. The van der Waals surface area contributed by atoms with Crippen LogP contribution in [0.15, 0.2) is 57.8 Å². The fourth-order valence-electron chi connectivity index (χ4n) is 2.50. The van der Waals surface area contributed by atoms with Gasteiger partial charge in [0.25, 0.3) is 5.89 Å². The van der Waals surface area contributed by atoms with Crippen LogP contribution in [0.4, 0.5) is 0 Å². The number of esters is 1. The highest BCUT2D eigenvalue weighted by Crippen LogP contribution is 2.25. The van der Waals surface area contributed by atoms with E-state index < -0.39 is 22.1 Å². The maximum Gasteiger partial charge on any atom is 0.338 e. The number of hydrogen-bond donors (Lipinski definition) is 0. The van der Waals surface area contributed by atoms with Crippen molar-refractivity contribution < 1.29 is 27.1 Å². The third-order valence-electron chi connectivity index (χ3n) is 4.28. The van der Waals surface area contributed by atoms with E-state index in [2.05, 4.69) is 10.2 Å². The van der Waals surface area contributed by atoms with E-state index >= 15 is 0 Å². The Labute approximate surface area is 174 Å². The van der Waals surface area contributed by atoms with Gasteiger partial charge in [0.2, 0.25) is 15.9 Å². The Morgan fingerprint density at radius 3 is 2.23 bits per heavy atom. The standard InChI is InChI=1S/C20H21N3O6S/c1-13(18-21-22-19(29-18)14-5-9-16(27-4)10-6-14)28-20(24)15-7-11-17(12-8-15)30(25,26)23(2)3/h5-13H,1-4H3/t13-/m1/s1. The number of methoxy groups -OCH3 is 1. The predicted octanol–water partition coefficient (Wildman–Crippen LogP) is 2.91. The Morgan fingerprint density at radius 2 is 1.67 bits per heavy atom. The molecule has 3 aromatic rings. The van der Waals surface area contributed by atoms with Gasteiger partial charge in [0, 0.05) is 19.7 Å². The lowest BCUT2D eigenvalue weighted by Crippen LogP contribution is -2.22. The van der Waals surface area contributed by atoms with Crippen molar-refractivity contribution in [1.29, 1.82) is 0 Å². The molecule has 158 valence electrons. The first-order valence-electron chi connectivity index (χ1n) is 8.94. The second-order valence-electron chi connectivity index (χ2n) is 6.53. The van der Waals surface area contributed by atoms with Gasteiger partial charge in [-0.25, -0.2) is 17.5 Å². The predicted molar refractivity (Wildman–Crippen MR) is 107 cm³/mol. The fraction of sp³-hybridized carbons (Fsp3) is 0.250. The van der Waals surface area contributed by atoms with Crippen molar-refractivity contribution in [2.75, 3.05) is 21.2 Å². The largest absolute Gasteiger partial charge is 0.497 e. The number of aromatic nitrogens is 2. The van der Waals surface area contributed by atoms with Gasteiger partial charge in [0.15, 0.2) is 6.10 Å². The number of nitrogens with zero attached hydrogens (tertiary/aromatic N) is 3. The van der Waals surface area contributed by atoms with E-state index in [0.717, 1.165) is 4.31 Å². The van der Waals surface area contributed by atoms with Gasteiger partial charge in [-0.15, -0.1) is 10.2 Å². The molecule has 0 saturated carbocycles. The zero-order valence-corrected chi connectivity index (χ0v) is 17.7. The second kappa shape index (κ2) is 8.64. The Bertz CT molecular complexity index is 1120. The topological polar surface area (TPSA) is 112 Å². The summed E-state index contributed by atoms with van der Waals surface area (Å²) in [6.07, 6.45) is -0.790. The summed E-state index contributed by atoms with van der Waals surface area (Å²) in [6, 6.07) is 12.6. The molecule has 0 fully saturated rings. The van der Waals surface area contributed by atoms with Crippen molar-refractivity contribution in [1.82, 2.24) is 14.5 Å². The molecular formula is C20H21N3O6S. The summed E-state index contributed by atoms with van der Waals surface area (Å²) in [4.78, 5) is 12.5. The molecule has 0 unspecified atom stereocenters. The van der Waals surface area contributed by atoms with Gasteiger partial charge in [-0.05, 0) is 55.5 Å². The molecule has 1 aromatic heterocycles. The minimum absolute atomic E-state index is 0.0816. The number of rotatable bonds is 7. The summed E-state index contributed by atoms with van der Waals surface area (Å²) in [7, 11) is 0.869. The number of sulfonamides is 1. The molecule has 30 heavy (non-hydrogen) atoms. The zero-order valence-electron chi connectivity index (χ0n) is 16.9. The van der Waals surface area contributed by atoms with Crippen LogP contribution >= 0.6 is 0 Å². The summed E-state index contributed by atoms with van der Waals surface area (Å²) in [5.74, 6) is 0.487. The van der Waals surface area contributed by atoms with Crippen LogP contribution in [0.3, 0.4) is 0 Å². The van der Waals surface area contributed by atoms with Crippen LogP contribution in [0, 0.1) is 0 Å². The molecule has 0 aliphatic heterocycles. The van der Waals surface area contributed by atoms with Gasteiger partial charge in [-0.1, -0.05) is 0 Å². The molecule has 0 spiro atoms. The van der Waals surface area contributed by atoms with Gasteiger partial charge in [-0.2, -0.15) is 0 Å². The molecule has 10 heteroatoms. The third-order valence-corrected chi connectivity index (χ3v) is 6.11. The Hall–Kier alpha value is -3.24. The fourth-order valence-corrected chi connectivity index (χ4v) is 3.40. The van der Waals surface area contributed by atoms with Gasteiger partial charge >= 0.3 is 5.97 Å². The molecule has 0 aliphatic rings. The van der Waals surface area contributed by atoms with Crippen molar-refractivity contribution in [3.8, 4) is 17.2 Å². The molecule has 0 radical (unpaired) electrons. The lowest BCUT2D eigenvalue weighted by molar-refractivity contribution is 0.0279. The van der Waals surface area contributed by atoms with Gasteiger partial charge < -0.3 is 13.9 Å². The SMILES string of the molecule is COc1ccc(-c2nnc([C@@H](C)OC(=O)c3ccc(S(=O)(=O)N(C)C)cc3)o2)cc1. The summed E-state index contributed by atoms with van der Waals surface area (Å²) in [6.45, 7) is 1.61. The van der Waals surface area contributed by atoms with Crippen molar-refractivity contribution >= 4 is 16.0 Å². The summed E-state index contributed by atoms with van der Waals surface area (Å²) in [5, 5.41) is 7.92. The molecule has 0 N–H and O–H groups in total. The molecule has 0 amide bonds. The quantitative estimate of drug-likeness (QED) is 0.525. The normalized spacial score (nSPS) is 12.6. The molecule has 9 nitrogen and oxygen atoms in total. The van der Waals surface area contributed by atoms with E-state index in [9.17, 15) is 13.2 Å². The van der Waals surface area contributed by atoms with Crippen LogP contribution in [0.2, 0.25) is 0 Å². The number of carbonyl (C=O) groups excluding carboxylic acids is 1. The van der Waals surface area contributed by atoms with Crippen LogP contribution in [-0.2, 0) is 14.8 Å². The molecule has 1 atom stereocenters. The first-order chi connectivity index (χ1) is 14.2. The molecule has 0 saturated heterocycles. The highest BCUT2D eigenvalue weighted by Gasteiger charge is 2.21. The van der Waals surface area contributed by atoms with E-state index in [0.29, 0.717) is 11.3 Å². The maximum atomic E-state index is 12.4. The van der Waals surface area contributed by atoms with Crippen molar-refractivity contribution in [3.63, 3.8) is 0 Å². The molecular weight excluding hydrogens is 410 g/mol. The lowest BCUT2D eigenvalue weighted by atomic mass is 10.2. The van der Waals surface area contributed by atoms with E-state index in [4.69, 9.17) is 13.9 Å². The van der Waals surface area contributed by atoms with Crippen molar-refractivity contribution in [3.05, 3.63) is 60.0 Å². The maximum absolute atomic E-state index is 12.4. The Kier molecular flexibility index (Phi) is 6.18. The van der Waals surface area contributed by atoms with E-state index in [1.54, 1.807) is 38.3 Å². The van der Waals surface area contributed by atoms with Gasteiger partial charge in [-0.3, -0.25) is 0 Å². The van der Waals surface area contributed by atoms with Crippen molar-refractivity contribution in [2.24, 2.45) is 0 Å². The van der Waals surface area contributed by atoms with Crippen LogP contribution in [0.1, 0.15) is 29.3 Å². The summed E-state index contributed by atoms with van der Waals surface area (Å²) in [5.41, 5.74) is 0.903. The van der Waals surface area contributed by atoms with Gasteiger partial charge in [0.1, 0.15) is 5.75 Å². The second-order valence-corrected chi connectivity index (χ2v) is 8.69. The van der Waals surface area contributed by atoms with Gasteiger partial charge in [0.05, 0.1) is 17.6 Å². The molecule has 2 aromatic carbocycles. The first-order valence-corrected chi connectivity index (χ1v) is 10.4. The summed E-state index contributed by atoms with van der Waals surface area (Å²) >= 11 is 0. The Morgan fingerprint density at radius 1 is 1.03 bits per heavy atom. The van der Waals surface area contributed by atoms with Crippen molar-refractivity contribution in [2.45, 2.75) is 17.9 Å². The van der Waals surface area contributed by atoms with E-state index in [1.165, 1.54) is 38.4 Å². The minimum atomic E-state index is -3.57. The zero-order chi connectivity index (χ0) is 21.9. The average Bonchev–Trinajstić information content (AvgIpc) is 3.24. The number of hydrogen-bond acceptors (Lipinski definition) is 8. The summed E-state index contributed by atoms with van der Waals surface area (Å²) < 4.78 is 41.4. The molecule has 0 bridgehead atoms. The third kappa shape index (κ3) is 4.50. The minimum Gasteiger partial charge on any atom is -0.497 e. The first kappa shape index (κ1) is 21.5. The van der Waals surface area contributed by atoms with Crippen LogP contribution in [0.25, 0.3) is 11.5 Å². The number of carbonyl (C=O) groups is 1. The van der Waals surface area contributed by atoms with E-state index in [-0.39, 0.29) is 22.2 Å². The molecule has 1 heterocycles. The molecule has 3 rings (SSSR count). The van der Waals surface area contributed by atoms with E-state index in [1.807, 2.05) is 0 Å². The van der Waals surface area contributed by atoms with Crippen LogP contribution < -0.4 is 4.74 Å².